The average molecular weight is 345 g/mol. The molecule has 3 aromatic rings. The van der Waals surface area contributed by atoms with Crippen molar-refractivity contribution in [2.45, 2.75) is 19.4 Å². The summed E-state index contributed by atoms with van der Waals surface area (Å²) in [7, 11) is 1.58. The van der Waals surface area contributed by atoms with E-state index < -0.39 is 0 Å². The number of rotatable bonds is 4. The second-order valence-electron chi connectivity index (χ2n) is 5.95. The van der Waals surface area contributed by atoms with Crippen LogP contribution < -0.4 is 10.5 Å². The summed E-state index contributed by atoms with van der Waals surface area (Å²) in [5, 5.41) is 5.00. The highest BCUT2D eigenvalue weighted by Gasteiger charge is 2.18. The number of thiazole rings is 1. The molecular weight excluding hydrogens is 326 g/mol. The minimum absolute atomic E-state index is 0.494. The minimum Gasteiger partial charge on any atom is -0.479 e. The van der Waals surface area contributed by atoms with Crippen molar-refractivity contribution in [3.05, 3.63) is 18.6 Å². The highest BCUT2D eigenvalue weighted by atomic mass is 32.1. The predicted octanol–water partition coefficient (Wildman–Crippen LogP) is 2.57. The van der Waals surface area contributed by atoms with Crippen LogP contribution in [0.3, 0.4) is 0 Å². The average Bonchev–Trinajstić information content (AvgIpc) is 3.21. The second-order valence-corrected chi connectivity index (χ2v) is 6.98. The maximum atomic E-state index is 5.88. The third-order valence-corrected chi connectivity index (χ3v) is 5.16. The molecule has 1 fully saturated rings. The maximum Gasteiger partial charge on any atom is 0.241 e. The molecule has 4 heterocycles. The lowest BCUT2D eigenvalue weighted by atomic mass is 10.0. The molecule has 2 N–H and O–H groups in total. The topological polar surface area (TPSA) is 88.1 Å². The fourth-order valence-electron chi connectivity index (χ4n) is 3.08. The number of nitrogens with two attached hydrogens (primary N) is 1. The van der Waals surface area contributed by atoms with Gasteiger partial charge in [-0.25, -0.2) is 9.97 Å². The van der Waals surface area contributed by atoms with Crippen LogP contribution in [0.1, 0.15) is 12.8 Å². The zero-order valence-corrected chi connectivity index (χ0v) is 14.3. The van der Waals surface area contributed by atoms with E-state index in [4.69, 9.17) is 15.2 Å². The van der Waals surface area contributed by atoms with Gasteiger partial charge in [0.1, 0.15) is 5.52 Å². The number of aromatic nitrogens is 4. The fourth-order valence-corrected chi connectivity index (χ4v) is 3.94. The van der Waals surface area contributed by atoms with E-state index >= 15 is 0 Å². The van der Waals surface area contributed by atoms with Gasteiger partial charge >= 0.3 is 0 Å². The quantitative estimate of drug-likeness (QED) is 0.782. The van der Waals surface area contributed by atoms with Gasteiger partial charge in [-0.1, -0.05) is 11.3 Å². The highest BCUT2D eigenvalue weighted by Crippen LogP contribution is 2.37. The van der Waals surface area contributed by atoms with Gasteiger partial charge in [-0.05, 0) is 12.8 Å². The molecule has 1 saturated heterocycles. The fraction of sp³-hybridized carbons (Fsp3) is 0.438. The molecule has 7 nitrogen and oxygen atoms in total. The molecule has 0 radical (unpaired) electrons. The van der Waals surface area contributed by atoms with E-state index in [0.29, 0.717) is 22.4 Å². The third-order valence-electron chi connectivity index (χ3n) is 4.24. The van der Waals surface area contributed by atoms with Crippen molar-refractivity contribution in [1.29, 1.82) is 0 Å². The van der Waals surface area contributed by atoms with Gasteiger partial charge in [-0.3, -0.25) is 4.68 Å². The summed E-state index contributed by atoms with van der Waals surface area (Å²) in [4.78, 5) is 8.68. The molecule has 0 spiro atoms. The largest absolute Gasteiger partial charge is 0.479 e. The Balaban J connectivity index is 1.65. The molecule has 3 aromatic heterocycles. The summed E-state index contributed by atoms with van der Waals surface area (Å²) >= 11 is 1.44. The molecule has 0 saturated carbocycles. The smallest absolute Gasteiger partial charge is 0.241 e. The minimum atomic E-state index is 0.494. The molecule has 0 amide bonds. The zero-order chi connectivity index (χ0) is 16.5. The van der Waals surface area contributed by atoms with Gasteiger partial charge in [-0.15, -0.1) is 0 Å². The Hall–Kier alpha value is -2.19. The van der Waals surface area contributed by atoms with Crippen LogP contribution in [0, 0.1) is 5.92 Å². The SMILES string of the molecule is COc1ncc(-c2cnn(C[C@@H]3CCCOC3)c2)c2sc(N)nc12. The normalized spacial score (nSPS) is 18.1. The molecule has 1 aliphatic heterocycles. The molecule has 4 rings (SSSR count). The number of hydrogen-bond donors (Lipinski definition) is 1. The number of hydrogen-bond acceptors (Lipinski definition) is 7. The van der Waals surface area contributed by atoms with Crippen LogP contribution in [-0.4, -0.2) is 40.1 Å². The molecule has 1 aliphatic rings. The predicted molar refractivity (Wildman–Crippen MR) is 93.1 cm³/mol. The van der Waals surface area contributed by atoms with E-state index in [9.17, 15) is 0 Å². The summed E-state index contributed by atoms with van der Waals surface area (Å²) in [5.41, 5.74) is 8.57. The molecule has 126 valence electrons. The van der Waals surface area contributed by atoms with Crippen molar-refractivity contribution in [3.8, 4) is 17.0 Å². The first-order valence-corrected chi connectivity index (χ1v) is 8.76. The van der Waals surface area contributed by atoms with E-state index in [-0.39, 0.29) is 0 Å². The van der Waals surface area contributed by atoms with Gasteiger partial charge < -0.3 is 15.2 Å². The first-order chi connectivity index (χ1) is 11.7. The molecule has 8 heteroatoms. The number of nitrogens with zero attached hydrogens (tertiary/aromatic N) is 4. The van der Waals surface area contributed by atoms with Crippen LogP contribution in [0.25, 0.3) is 21.3 Å². The number of nitrogen functional groups attached to an aromatic ring is 1. The second kappa shape index (κ2) is 6.37. The number of fused-ring (bicyclic) bond motifs is 1. The van der Waals surface area contributed by atoms with Crippen LogP contribution in [0.5, 0.6) is 5.88 Å². The van der Waals surface area contributed by atoms with E-state index in [1.54, 1.807) is 13.3 Å². The number of anilines is 1. The first-order valence-electron chi connectivity index (χ1n) is 7.94. The summed E-state index contributed by atoms with van der Waals surface area (Å²) in [5.74, 6) is 1.02. The Morgan fingerprint density at radius 2 is 2.38 bits per heavy atom. The van der Waals surface area contributed by atoms with Crippen LogP contribution in [0.2, 0.25) is 0 Å². The van der Waals surface area contributed by atoms with Crippen LogP contribution >= 0.6 is 11.3 Å². The molecular formula is C16H19N5O2S. The van der Waals surface area contributed by atoms with Gasteiger partial charge in [0.05, 0.1) is 24.6 Å². The summed E-state index contributed by atoms with van der Waals surface area (Å²) in [6.07, 6.45) is 8.02. The first kappa shape index (κ1) is 15.3. The lowest BCUT2D eigenvalue weighted by Gasteiger charge is -2.21. The van der Waals surface area contributed by atoms with Gasteiger partial charge in [0, 0.05) is 42.6 Å². The van der Waals surface area contributed by atoms with Crippen molar-refractivity contribution in [1.82, 2.24) is 19.7 Å². The van der Waals surface area contributed by atoms with E-state index in [1.807, 2.05) is 17.1 Å². The lowest BCUT2D eigenvalue weighted by molar-refractivity contribution is 0.0470. The zero-order valence-electron chi connectivity index (χ0n) is 13.4. The molecule has 24 heavy (non-hydrogen) atoms. The standard InChI is InChI=1S/C16H19N5O2S/c1-22-15-13-14(24-16(17)20-13)12(6-18-15)11-5-19-21(8-11)7-10-3-2-4-23-9-10/h5-6,8,10H,2-4,7,9H2,1H3,(H2,17,20)/t10-/m0/s1. The van der Waals surface area contributed by atoms with Crippen LogP contribution in [0.4, 0.5) is 5.13 Å². The van der Waals surface area contributed by atoms with Crippen molar-refractivity contribution in [2.75, 3.05) is 26.1 Å². The Morgan fingerprint density at radius 1 is 1.46 bits per heavy atom. The third kappa shape index (κ3) is 2.83. The van der Waals surface area contributed by atoms with Crippen molar-refractivity contribution < 1.29 is 9.47 Å². The number of ether oxygens (including phenoxy) is 2. The van der Waals surface area contributed by atoms with Crippen molar-refractivity contribution in [3.63, 3.8) is 0 Å². The number of pyridine rings is 1. The van der Waals surface area contributed by atoms with Crippen molar-refractivity contribution >= 4 is 26.7 Å². The van der Waals surface area contributed by atoms with Crippen LogP contribution in [-0.2, 0) is 11.3 Å². The van der Waals surface area contributed by atoms with Gasteiger partial charge in [0.25, 0.3) is 0 Å². The molecule has 1 atom stereocenters. The van der Waals surface area contributed by atoms with Gasteiger partial charge in [0.2, 0.25) is 5.88 Å². The highest BCUT2D eigenvalue weighted by molar-refractivity contribution is 7.22. The summed E-state index contributed by atoms with van der Waals surface area (Å²) in [6.45, 7) is 2.57. The Bertz CT molecular complexity index is 853. The van der Waals surface area contributed by atoms with Gasteiger partial charge in [-0.2, -0.15) is 5.10 Å². The Labute approximate surface area is 143 Å². The molecule has 0 unspecified atom stereocenters. The van der Waals surface area contributed by atoms with Crippen LogP contribution in [0.15, 0.2) is 18.6 Å². The molecule has 0 aromatic carbocycles. The molecule has 0 aliphatic carbocycles. The van der Waals surface area contributed by atoms with E-state index in [1.165, 1.54) is 17.8 Å². The summed E-state index contributed by atoms with van der Waals surface area (Å²) in [6, 6.07) is 0. The monoisotopic (exact) mass is 345 g/mol. The van der Waals surface area contributed by atoms with E-state index in [0.717, 1.165) is 42.0 Å². The molecule has 0 bridgehead atoms. The van der Waals surface area contributed by atoms with E-state index in [2.05, 4.69) is 15.1 Å². The Morgan fingerprint density at radius 3 is 3.17 bits per heavy atom. The van der Waals surface area contributed by atoms with Gasteiger partial charge in [0.15, 0.2) is 5.13 Å². The van der Waals surface area contributed by atoms with Crippen molar-refractivity contribution in [2.24, 2.45) is 5.92 Å². The summed E-state index contributed by atoms with van der Waals surface area (Å²) < 4.78 is 13.8. The Kier molecular flexibility index (Phi) is 4.07. The number of methoxy groups -OCH3 is 1. The maximum absolute atomic E-state index is 5.88. The lowest BCUT2D eigenvalue weighted by Crippen LogP contribution is -2.22.